The van der Waals surface area contributed by atoms with E-state index >= 15 is 0 Å². The third-order valence-corrected chi connectivity index (χ3v) is 25.7. The minimum Gasteiger partial charge on any atom is -0.508 e. The number of aromatic hydroxyl groups is 9. The normalized spacial score (nSPS) is 31.4. The van der Waals surface area contributed by atoms with E-state index < -0.39 is 220 Å². The average Bonchev–Trinajstić information content (AvgIpc) is 0.800. The molecule has 141 heavy (non-hydrogen) atoms. The van der Waals surface area contributed by atoms with Gasteiger partial charge in [0, 0.05) is 73.6 Å². The molecule has 2 aliphatic carbocycles. The molecule has 0 bridgehead atoms. The molecular weight excluding hydrogens is 1870 g/mol. The molecule has 0 spiro atoms. The molecule has 8 aromatic rings. The zero-order valence-electron chi connectivity index (χ0n) is 76.0. The lowest BCUT2D eigenvalue weighted by Crippen LogP contribution is -2.62. The Morgan fingerprint density at radius 3 is 1.01 bits per heavy atom. The highest BCUT2D eigenvalue weighted by molar-refractivity contribution is 6.05. The molecule has 0 radical (unpaired) electrons. The molecule has 7 aliphatic heterocycles. The highest BCUT2D eigenvalue weighted by Crippen LogP contribution is 2.51. The first kappa shape index (κ1) is 104. The monoisotopic (exact) mass is 1980 g/mol. The van der Waals surface area contributed by atoms with Gasteiger partial charge in [-0.15, -0.1) is 0 Å². The largest absolute Gasteiger partial charge is 0.508 e. The Morgan fingerprint density at radius 1 is 0.312 bits per heavy atom. The van der Waals surface area contributed by atoms with Gasteiger partial charge < -0.3 is 203 Å². The van der Waals surface area contributed by atoms with E-state index in [1.165, 1.54) is 115 Å². The number of rotatable bonds is 21. The quantitative estimate of drug-likeness (QED) is 0.0485. The van der Waals surface area contributed by atoms with Crippen molar-refractivity contribution in [3.63, 3.8) is 0 Å². The van der Waals surface area contributed by atoms with Crippen LogP contribution in [0, 0.1) is 11.8 Å². The molecule has 17 rings (SSSR count). The van der Waals surface area contributed by atoms with Crippen LogP contribution < -0.4 is 52.1 Å². The van der Waals surface area contributed by atoms with Gasteiger partial charge in [0.05, 0.1) is 85.1 Å². The lowest BCUT2D eigenvalue weighted by atomic mass is 9.81. The van der Waals surface area contributed by atoms with E-state index in [1.807, 2.05) is 0 Å². The number of aliphatic hydroxyl groups excluding tert-OH is 16. The lowest BCUT2D eigenvalue weighted by Gasteiger charge is -2.46. The number of Topliss-reactive ketones (excluding diaryl/α,β-unsaturated/α-hetero) is 4. The number of hydrogen-bond donors (Lipinski definition) is 25. The van der Waals surface area contributed by atoms with E-state index in [-0.39, 0.29) is 170 Å². The van der Waals surface area contributed by atoms with Crippen LogP contribution >= 0.6 is 0 Å². The van der Waals surface area contributed by atoms with E-state index in [0.717, 1.165) is 12.1 Å². The van der Waals surface area contributed by atoms with Crippen molar-refractivity contribution in [1.29, 1.82) is 0 Å². The second-order valence-corrected chi connectivity index (χ2v) is 35.0. The van der Waals surface area contributed by atoms with Crippen LogP contribution in [0.3, 0.4) is 0 Å². The van der Waals surface area contributed by atoms with Crippen LogP contribution in [-0.2, 0) is 23.7 Å². The van der Waals surface area contributed by atoms with Crippen molar-refractivity contribution in [3.8, 4) is 115 Å². The van der Waals surface area contributed by atoms with E-state index in [1.54, 1.807) is 36.4 Å². The van der Waals surface area contributed by atoms with Gasteiger partial charge in [-0.2, -0.15) is 0 Å². The zero-order valence-corrected chi connectivity index (χ0v) is 76.0. The lowest BCUT2D eigenvalue weighted by molar-refractivity contribution is -0.325. The van der Waals surface area contributed by atoms with E-state index in [2.05, 4.69) is 0 Å². The molecule has 9 aliphatic rings. The summed E-state index contributed by atoms with van der Waals surface area (Å²) in [6.07, 6.45) is -36.1. The van der Waals surface area contributed by atoms with E-state index in [4.69, 9.17) is 75.8 Å². The first-order valence-corrected chi connectivity index (χ1v) is 44.5. The zero-order chi connectivity index (χ0) is 102. The third kappa shape index (κ3) is 22.3. The molecule has 4 unspecified atom stereocenters. The van der Waals surface area contributed by atoms with Crippen molar-refractivity contribution in [3.05, 3.63) is 166 Å². The van der Waals surface area contributed by atoms with Gasteiger partial charge in [-0.05, 0) is 97.5 Å². The number of carbonyl (C=O) groups is 4. The minimum atomic E-state index is -1.77. The second-order valence-electron chi connectivity index (χ2n) is 35.0. The molecule has 764 valence electrons. The number of aliphatic hydroxyl groups is 16. The van der Waals surface area contributed by atoms with Crippen molar-refractivity contribution in [2.24, 2.45) is 11.8 Å². The summed E-state index contributed by atoms with van der Waals surface area (Å²) < 4.78 is 89.0. The molecule has 0 amide bonds. The van der Waals surface area contributed by atoms with Crippen LogP contribution in [0.5, 0.6) is 115 Å². The number of phenolic OH excluding ortho intramolecular Hbond substituents is 9. The number of phenols is 9. The predicted molar refractivity (Wildman–Crippen MR) is 474 cm³/mol. The Kier molecular flexibility index (Phi) is 32.6. The van der Waals surface area contributed by atoms with Gasteiger partial charge in [-0.1, -0.05) is 24.3 Å². The molecule has 0 aromatic heterocycles. The van der Waals surface area contributed by atoms with Gasteiger partial charge in [0.25, 0.3) is 0 Å². The number of carbonyl (C=O) groups excluding carboxylic acids is 4. The molecule has 3 saturated heterocycles. The van der Waals surface area contributed by atoms with Crippen LogP contribution in [-0.4, -0.2) is 340 Å². The summed E-state index contributed by atoms with van der Waals surface area (Å²) in [5, 5.41) is 255. The minimum absolute atomic E-state index is 0.00361. The first-order chi connectivity index (χ1) is 67.0. The van der Waals surface area contributed by atoms with Gasteiger partial charge in [0.1, 0.15) is 213 Å². The van der Waals surface area contributed by atoms with Crippen LogP contribution in [0.15, 0.2) is 121 Å². The Morgan fingerprint density at radius 2 is 0.631 bits per heavy atom. The molecule has 2 saturated carbocycles. The number of benzene rings is 8. The van der Waals surface area contributed by atoms with Crippen LogP contribution in [0.25, 0.3) is 0 Å². The first-order valence-electron chi connectivity index (χ1n) is 44.5. The number of fused-ring (bicyclic) bond motifs is 4. The van der Waals surface area contributed by atoms with Crippen molar-refractivity contribution in [1.82, 2.24) is 0 Å². The number of methoxy groups -OCH3 is 4. The predicted octanol–water partition coefficient (Wildman–Crippen LogP) is 1.52. The fourth-order valence-electron chi connectivity index (χ4n) is 17.8. The highest BCUT2D eigenvalue weighted by atomic mass is 16.7. The second kappa shape index (κ2) is 44.0. The maximum absolute atomic E-state index is 13.0. The molecule has 5 fully saturated rings. The summed E-state index contributed by atoms with van der Waals surface area (Å²) in [4.78, 5) is 50.8. The fraction of sp³-hybridized carbons (Fsp3) is 0.458. The summed E-state index contributed by atoms with van der Waals surface area (Å²) in [5.74, 6) is -4.14. The smallest absolute Gasteiger partial charge is 0.229 e. The number of ketones is 4. The summed E-state index contributed by atoms with van der Waals surface area (Å²) >= 11 is 0. The summed E-state index contributed by atoms with van der Waals surface area (Å²) in [6.45, 7) is 1.51. The SMILES string of the molecule is COc1ccc(C2CC(=O)c3c(O)cc(O)cc3O2)cc1O.COc1ccc(C2CC(=O)c3c(O)cc(O[C@@H]4C[C@H](CO)[C@@H](O)[C@H](O)[C@H]4O)cc3O2)cc1O.COc1ccc(C2CC(=O)c3c(O)cc(O[C@@H]4C[C@H](CO)[C@@H](O)[C@H](O)[C@H]4O[C@H]4O[C@H](C)[C@@H](O)[C@H](O)[C@@H]4O)cc3O2)cc1O.COc1ccc(C2CC(=O)c3c(O)cc(O[C@@H]4O[C@H](CO[C@H]5O[C@H](C)[C@@H](O)[C@H](O)[C@@H]5O)[C@@H](O)[C@H](O)[C@H]4O)cc3O2)cc1O. The van der Waals surface area contributed by atoms with Gasteiger partial charge >= 0.3 is 0 Å². The fourth-order valence-corrected chi connectivity index (χ4v) is 17.8. The summed E-state index contributed by atoms with van der Waals surface area (Å²) in [7, 11) is 5.66. The Bertz CT molecular complexity index is 5790. The van der Waals surface area contributed by atoms with E-state index in [0.29, 0.717) is 28.0 Å². The number of hydrogen-bond acceptors (Lipinski definition) is 45. The summed E-state index contributed by atoms with van der Waals surface area (Å²) in [5.41, 5.74) is 1.97. The Hall–Kier alpha value is -12.4. The topological polar surface area (TPSA) is 722 Å². The van der Waals surface area contributed by atoms with Crippen LogP contribution in [0.2, 0.25) is 0 Å². The maximum atomic E-state index is 13.0. The van der Waals surface area contributed by atoms with Crippen LogP contribution in [0.1, 0.15) is 140 Å². The maximum Gasteiger partial charge on any atom is 0.229 e. The average molecular weight is 1980 g/mol. The third-order valence-electron chi connectivity index (χ3n) is 25.7. The molecule has 45 nitrogen and oxygen atoms in total. The molecule has 25 N–H and O–H groups in total. The molecule has 29 atom stereocenters. The highest BCUT2D eigenvalue weighted by Gasteiger charge is 2.53. The van der Waals surface area contributed by atoms with E-state index in [9.17, 15) is 147 Å². The van der Waals surface area contributed by atoms with Gasteiger partial charge in [-0.3, -0.25) is 19.2 Å². The molecule has 7 heterocycles. The standard InChI is InChI=1S/C29H36O14.C28H34O15.C23H26O10.C16H14O6/c1-11-23(34)25(36)27(38)29(40-11)43-28-21(6-13(10-30)24(35)26(28)37)41-14-7-16(32)22-17(33)9-19(42-20(22)8-14)12-3-4-18(39-2)15(31)5-12;1-10-21(32)23(34)25(36)27(40-10)39-9-19-22(33)24(35)26(37)28(43-19)41-12-6-14(30)20-15(31)8-17(42-18(20)7-12)11-3-4-16(38-2)13(29)5-11;1-31-16-3-2-10(4-13(16)25)17-8-15(27)20-14(26)6-12(7-18(20)33-17)32-19-5-11(9-24)21(28)23(30)22(19)29;1-21-13-3-2-8(4-10(13)18)14-7-12(20)16-11(19)5-9(17)6-15(16)22-14/h3-5,7-8,11,13,19,21,23-32,34-38H,6,9-10H2,1-2H3;3-7,10,17,19,21-30,32-37H,8-9H2,1-2H3;2-4,6-7,11,17,19,21-26,28-30H,5,8-9H2,1H3;2-6,14,17-19H,7H2,1H3/t11-,13-,19?,21-,23-,24-,25+,26+,27+,28+,29-;10-,17?,19-,21-,22-,23+,24+,25+,26-,27+,28-;11-,17?,19-,21-,22+,23+;/m111./s1. The van der Waals surface area contributed by atoms with Crippen molar-refractivity contribution in [2.45, 2.75) is 218 Å². The number of ether oxygens (including phenoxy) is 16. The van der Waals surface area contributed by atoms with Crippen molar-refractivity contribution >= 4 is 23.1 Å². The molecular formula is C96H110O45. The van der Waals surface area contributed by atoms with Crippen LogP contribution in [0.4, 0.5) is 0 Å². The van der Waals surface area contributed by atoms with Crippen molar-refractivity contribution in [2.75, 3.05) is 48.3 Å². The van der Waals surface area contributed by atoms with Gasteiger partial charge in [0.15, 0.2) is 81.7 Å². The van der Waals surface area contributed by atoms with Gasteiger partial charge in [-0.25, -0.2) is 0 Å². The molecule has 45 heteroatoms. The Labute approximate surface area is 801 Å². The Balaban J connectivity index is 0.000000153. The summed E-state index contributed by atoms with van der Waals surface area (Å²) in [6, 6.07) is 28.3. The molecule has 8 aromatic carbocycles. The van der Waals surface area contributed by atoms with Gasteiger partial charge in [0.2, 0.25) is 6.29 Å². The van der Waals surface area contributed by atoms with Crippen molar-refractivity contribution < 1.29 is 223 Å².